The molecule has 4 nitrogen and oxygen atoms in total. The molecule has 0 saturated heterocycles. The van der Waals surface area contributed by atoms with Gasteiger partial charge in [0.1, 0.15) is 5.75 Å². The summed E-state index contributed by atoms with van der Waals surface area (Å²) < 4.78 is 6.62. The van der Waals surface area contributed by atoms with Crippen LogP contribution in [0.1, 0.15) is 13.8 Å². The highest BCUT2D eigenvalue weighted by atomic mass is 79.9. The van der Waals surface area contributed by atoms with Crippen molar-refractivity contribution in [3.8, 4) is 5.75 Å². The maximum Gasteiger partial charge on any atom is 0.257 e. The first kappa shape index (κ1) is 17.8. The number of carbonyl (C=O) groups is 1. The number of hydrogen-bond acceptors (Lipinski definition) is 3. The lowest BCUT2D eigenvalue weighted by Gasteiger charge is -2.20. The highest BCUT2D eigenvalue weighted by Gasteiger charge is 2.06. The quantitative estimate of drug-likeness (QED) is 0.802. The highest BCUT2D eigenvalue weighted by Crippen LogP contribution is 2.24. The van der Waals surface area contributed by atoms with Gasteiger partial charge in [-0.3, -0.25) is 4.79 Å². The van der Waals surface area contributed by atoms with Crippen LogP contribution in [-0.2, 0) is 4.79 Å². The van der Waals surface area contributed by atoms with Crippen LogP contribution in [0.15, 0.2) is 40.9 Å². The van der Waals surface area contributed by atoms with Crippen molar-refractivity contribution < 1.29 is 9.53 Å². The molecule has 2 aromatic carbocycles. The van der Waals surface area contributed by atoms with E-state index in [0.717, 1.165) is 21.8 Å². The zero-order chi connectivity index (χ0) is 16.8. The van der Waals surface area contributed by atoms with Crippen molar-refractivity contribution in [1.82, 2.24) is 10.2 Å². The number of ether oxygens (including phenoxy) is 1. The topological polar surface area (TPSA) is 41.6 Å². The third kappa shape index (κ3) is 5.52. The minimum Gasteiger partial charge on any atom is -0.484 e. The van der Waals surface area contributed by atoms with Crippen molar-refractivity contribution in [3.63, 3.8) is 0 Å². The van der Waals surface area contributed by atoms with Crippen molar-refractivity contribution in [3.05, 3.63) is 40.9 Å². The van der Waals surface area contributed by atoms with E-state index in [9.17, 15) is 4.79 Å². The zero-order valence-corrected chi connectivity index (χ0v) is 15.4. The number of carbonyl (C=O) groups excluding carboxylic acids is 1. The lowest BCUT2D eigenvalue weighted by molar-refractivity contribution is -0.123. The van der Waals surface area contributed by atoms with Gasteiger partial charge in [0.05, 0.1) is 0 Å². The fourth-order valence-corrected chi connectivity index (χ4v) is 2.49. The largest absolute Gasteiger partial charge is 0.484 e. The number of hydrogen-bond donors (Lipinski definition) is 1. The van der Waals surface area contributed by atoms with Crippen molar-refractivity contribution in [1.29, 1.82) is 0 Å². The summed E-state index contributed by atoms with van der Waals surface area (Å²) in [6, 6.07) is 12.4. The van der Waals surface area contributed by atoms with E-state index in [-0.39, 0.29) is 12.5 Å². The number of rotatable bonds is 7. The van der Waals surface area contributed by atoms with Crippen LogP contribution in [0.5, 0.6) is 5.75 Å². The van der Waals surface area contributed by atoms with Gasteiger partial charge in [0.15, 0.2) is 6.61 Å². The molecule has 5 heteroatoms. The number of fused-ring (bicyclic) bond motifs is 1. The summed E-state index contributed by atoms with van der Waals surface area (Å²) in [4.78, 5) is 14.0. The molecule has 1 N–H and O–H groups in total. The summed E-state index contributed by atoms with van der Waals surface area (Å²) in [7, 11) is 2.04. The monoisotopic (exact) mass is 378 g/mol. The van der Waals surface area contributed by atoms with E-state index in [0.29, 0.717) is 18.3 Å². The van der Waals surface area contributed by atoms with Crippen LogP contribution in [0.25, 0.3) is 10.8 Å². The predicted octanol–water partition coefficient (Wildman–Crippen LogP) is 3.44. The molecule has 2 rings (SSSR count). The summed E-state index contributed by atoms with van der Waals surface area (Å²) >= 11 is 3.46. The molecule has 0 aliphatic rings. The van der Waals surface area contributed by atoms with Gasteiger partial charge in [0, 0.05) is 23.6 Å². The van der Waals surface area contributed by atoms with Crippen LogP contribution < -0.4 is 10.1 Å². The third-order valence-corrected chi connectivity index (χ3v) is 4.31. The van der Waals surface area contributed by atoms with Gasteiger partial charge < -0.3 is 15.0 Å². The van der Waals surface area contributed by atoms with E-state index in [1.54, 1.807) is 0 Å². The molecule has 0 atom stereocenters. The van der Waals surface area contributed by atoms with Crippen LogP contribution in [0, 0.1) is 0 Å². The van der Waals surface area contributed by atoms with Crippen molar-refractivity contribution in [2.75, 3.05) is 26.7 Å². The molecule has 0 aromatic heterocycles. The Labute approximate surface area is 145 Å². The number of amides is 1. The average Bonchev–Trinajstić information content (AvgIpc) is 2.52. The van der Waals surface area contributed by atoms with E-state index in [1.165, 1.54) is 0 Å². The Morgan fingerprint density at radius 3 is 2.65 bits per heavy atom. The minimum absolute atomic E-state index is 0.0351. The lowest BCUT2D eigenvalue weighted by Crippen LogP contribution is -2.37. The molecule has 0 heterocycles. The van der Waals surface area contributed by atoms with Gasteiger partial charge in [-0.1, -0.05) is 28.1 Å². The number of nitrogens with one attached hydrogen (secondary N) is 1. The Bertz CT molecular complexity index is 673. The fraction of sp³-hybridized carbons (Fsp3) is 0.389. The number of nitrogens with zero attached hydrogens (tertiary/aromatic N) is 1. The second-order valence-corrected chi connectivity index (χ2v) is 6.78. The Balaban J connectivity index is 1.81. The Morgan fingerprint density at radius 2 is 1.91 bits per heavy atom. The zero-order valence-electron chi connectivity index (χ0n) is 13.8. The predicted molar refractivity (Wildman–Crippen MR) is 97.9 cm³/mol. The van der Waals surface area contributed by atoms with E-state index < -0.39 is 0 Å². The summed E-state index contributed by atoms with van der Waals surface area (Å²) in [6.45, 7) is 5.75. The molecule has 0 fully saturated rings. The molecule has 23 heavy (non-hydrogen) atoms. The molecule has 0 radical (unpaired) electrons. The smallest absolute Gasteiger partial charge is 0.257 e. The first-order chi connectivity index (χ1) is 11.0. The Hall–Kier alpha value is -1.59. The van der Waals surface area contributed by atoms with E-state index in [4.69, 9.17) is 4.74 Å². The van der Waals surface area contributed by atoms with E-state index in [2.05, 4.69) is 46.1 Å². The fourth-order valence-electron chi connectivity index (χ4n) is 2.11. The van der Waals surface area contributed by atoms with Gasteiger partial charge in [-0.2, -0.15) is 0 Å². The summed E-state index contributed by atoms with van der Waals surface area (Å²) in [5.74, 6) is 0.604. The second kappa shape index (κ2) is 8.31. The van der Waals surface area contributed by atoms with Gasteiger partial charge in [-0.05, 0) is 55.9 Å². The van der Waals surface area contributed by atoms with Gasteiger partial charge in [-0.25, -0.2) is 0 Å². The molecule has 0 aliphatic carbocycles. The van der Waals surface area contributed by atoms with Crippen LogP contribution in [0.3, 0.4) is 0 Å². The summed E-state index contributed by atoms with van der Waals surface area (Å²) in [5, 5.41) is 5.09. The van der Waals surface area contributed by atoms with Gasteiger partial charge >= 0.3 is 0 Å². The number of likely N-dealkylation sites (N-methyl/N-ethyl adjacent to an activating group) is 1. The minimum atomic E-state index is -0.0990. The summed E-state index contributed by atoms with van der Waals surface area (Å²) in [5.41, 5.74) is 0. The second-order valence-electron chi connectivity index (χ2n) is 5.87. The molecule has 1 amide bonds. The van der Waals surface area contributed by atoms with Gasteiger partial charge in [0.2, 0.25) is 0 Å². The molecule has 124 valence electrons. The van der Waals surface area contributed by atoms with Crippen molar-refractivity contribution in [2.45, 2.75) is 19.9 Å². The van der Waals surface area contributed by atoms with Gasteiger partial charge in [0.25, 0.3) is 5.91 Å². The summed E-state index contributed by atoms with van der Waals surface area (Å²) in [6.07, 6.45) is 0. The molecule has 0 unspecified atom stereocenters. The van der Waals surface area contributed by atoms with Crippen LogP contribution in [-0.4, -0.2) is 43.6 Å². The Morgan fingerprint density at radius 1 is 1.22 bits per heavy atom. The van der Waals surface area contributed by atoms with Crippen molar-refractivity contribution in [2.24, 2.45) is 0 Å². The normalized spacial score (nSPS) is 11.2. The number of benzene rings is 2. The average molecular weight is 379 g/mol. The third-order valence-electron chi connectivity index (χ3n) is 3.81. The van der Waals surface area contributed by atoms with Crippen LogP contribution in [0.4, 0.5) is 0 Å². The molecular formula is C18H23BrN2O2. The molecule has 0 aliphatic heterocycles. The molecular weight excluding hydrogens is 356 g/mol. The van der Waals surface area contributed by atoms with Gasteiger partial charge in [-0.15, -0.1) is 0 Å². The highest BCUT2D eigenvalue weighted by molar-refractivity contribution is 9.10. The maximum atomic E-state index is 11.8. The molecule has 0 spiro atoms. The molecule has 0 saturated carbocycles. The Kier molecular flexibility index (Phi) is 6.42. The molecule has 2 aromatic rings. The first-order valence-corrected chi connectivity index (χ1v) is 8.54. The lowest BCUT2D eigenvalue weighted by atomic mass is 10.1. The van der Waals surface area contributed by atoms with Crippen LogP contribution >= 0.6 is 15.9 Å². The standard InChI is InChI=1S/C18H23BrN2O2/c1-13(2)21(3)9-8-20-18(22)12-23-17-7-5-14-10-16(19)6-4-15(14)11-17/h4-7,10-11,13H,8-9,12H2,1-3H3,(H,20,22). The van der Waals surface area contributed by atoms with Crippen LogP contribution in [0.2, 0.25) is 0 Å². The number of halogens is 1. The first-order valence-electron chi connectivity index (χ1n) is 7.75. The molecule has 0 bridgehead atoms. The SMILES string of the molecule is CC(C)N(C)CCNC(=O)COc1ccc2cc(Br)ccc2c1. The van der Waals surface area contributed by atoms with Crippen molar-refractivity contribution >= 4 is 32.6 Å². The van der Waals surface area contributed by atoms with E-state index in [1.807, 2.05) is 37.4 Å². The maximum absolute atomic E-state index is 11.8. The van der Waals surface area contributed by atoms with E-state index >= 15 is 0 Å².